The number of aromatic nitrogens is 1. The lowest BCUT2D eigenvalue weighted by atomic mass is 10.1. The fraction of sp³-hybridized carbons (Fsp3) is 0.353. The van der Waals surface area contributed by atoms with Gasteiger partial charge in [0.1, 0.15) is 5.76 Å². The number of rotatable bonds is 5. The molecule has 0 radical (unpaired) electrons. The van der Waals surface area contributed by atoms with Gasteiger partial charge in [-0.2, -0.15) is 0 Å². The molecule has 3 rings (SSSR count). The van der Waals surface area contributed by atoms with Crippen molar-refractivity contribution in [1.82, 2.24) is 4.98 Å². The van der Waals surface area contributed by atoms with Crippen molar-refractivity contribution in [2.45, 2.75) is 39.0 Å². The first kappa shape index (κ1) is 12.2. The van der Waals surface area contributed by atoms with Crippen LogP contribution in [0.25, 0.3) is 21.9 Å². The molecule has 0 aliphatic rings. The molecule has 0 unspecified atom stereocenters. The van der Waals surface area contributed by atoms with Crippen LogP contribution in [-0.4, -0.2) is 4.98 Å². The normalized spacial score (nSPS) is 11.4. The van der Waals surface area contributed by atoms with E-state index in [1.54, 1.807) is 0 Å². The van der Waals surface area contributed by atoms with E-state index >= 15 is 0 Å². The van der Waals surface area contributed by atoms with Crippen LogP contribution in [0.5, 0.6) is 0 Å². The van der Waals surface area contributed by atoms with Gasteiger partial charge in [-0.15, -0.1) is 0 Å². The molecular formula is C17H19NO. The van der Waals surface area contributed by atoms with E-state index in [0.717, 1.165) is 23.3 Å². The molecule has 0 aliphatic carbocycles. The summed E-state index contributed by atoms with van der Waals surface area (Å²) in [4.78, 5) is 4.44. The molecule has 1 aromatic carbocycles. The van der Waals surface area contributed by atoms with Gasteiger partial charge in [0.15, 0.2) is 5.58 Å². The zero-order chi connectivity index (χ0) is 13.1. The van der Waals surface area contributed by atoms with Crippen LogP contribution in [0.2, 0.25) is 0 Å². The van der Waals surface area contributed by atoms with E-state index in [0.29, 0.717) is 0 Å². The van der Waals surface area contributed by atoms with Gasteiger partial charge in [0, 0.05) is 17.2 Å². The third-order valence-corrected chi connectivity index (χ3v) is 3.60. The maximum Gasteiger partial charge on any atom is 0.153 e. The Kier molecular flexibility index (Phi) is 3.49. The second-order valence-electron chi connectivity index (χ2n) is 5.08. The van der Waals surface area contributed by atoms with Crippen LogP contribution in [0.4, 0.5) is 0 Å². The molecule has 0 bridgehead atoms. The SMILES string of the molecule is CCCCCCc1cc2c(cnc3ccccc32)o1. The number of unbranched alkanes of at least 4 members (excludes halogenated alkanes) is 3. The number of hydrogen-bond donors (Lipinski definition) is 0. The van der Waals surface area contributed by atoms with Crippen LogP contribution in [0.3, 0.4) is 0 Å². The summed E-state index contributed by atoms with van der Waals surface area (Å²) in [5.41, 5.74) is 1.94. The van der Waals surface area contributed by atoms with Crippen molar-refractivity contribution < 1.29 is 4.42 Å². The molecule has 0 spiro atoms. The molecule has 2 heteroatoms. The summed E-state index contributed by atoms with van der Waals surface area (Å²) in [7, 11) is 0. The monoisotopic (exact) mass is 253 g/mol. The maximum absolute atomic E-state index is 5.89. The number of para-hydroxylation sites is 1. The van der Waals surface area contributed by atoms with Crippen molar-refractivity contribution in [3.63, 3.8) is 0 Å². The molecule has 0 saturated heterocycles. The van der Waals surface area contributed by atoms with Crippen LogP contribution in [-0.2, 0) is 6.42 Å². The standard InChI is InChI=1S/C17H19NO/c1-2-3-4-5-8-13-11-15-14-9-6-7-10-16(14)18-12-17(15)19-13/h6-7,9-12H,2-5,8H2,1H3. The minimum Gasteiger partial charge on any atom is -0.459 e. The summed E-state index contributed by atoms with van der Waals surface area (Å²) in [6.45, 7) is 2.24. The lowest BCUT2D eigenvalue weighted by Crippen LogP contribution is -1.81. The molecule has 2 aromatic heterocycles. The average Bonchev–Trinajstić information content (AvgIpc) is 2.87. The van der Waals surface area contributed by atoms with E-state index in [-0.39, 0.29) is 0 Å². The second kappa shape index (κ2) is 5.43. The first-order chi connectivity index (χ1) is 9.38. The molecule has 2 heterocycles. The quantitative estimate of drug-likeness (QED) is 0.591. The second-order valence-corrected chi connectivity index (χ2v) is 5.08. The number of pyridine rings is 1. The Hall–Kier alpha value is -1.83. The van der Waals surface area contributed by atoms with Gasteiger partial charge < -0.3 is 4.42 Å². The molecule has 0 amide bonds. The summed E-state index contributed by atoms with van der Waals surface area (Å²) in [5, 5.41) is 2.37. The Morgan fingerprint density at radius 3 is 2.84 bits per heavy atom. The van der Waals surface area contributed by atoms with Crippen molar-refractivity contribution in [2.24, 2.45) is 0 Å². The molecule has 0 saturated carbocycles. The summed E-state index contributed by atoms with van der Waals surface area (Å²) in [5.74, 6) is 1.09. The lowest BCUT2D eigenvalue weighted by molar-refractivity contribution is 0.526. The van der Waals surface area contributed by atoms with Crippen molar-refractivity contribution >= 4 is 21.9 Å². The summed E-state index contributed by atoms with van der Waals surface area (Å²) >= 11 is 0. The van der Waals surface area contributed by atoms with Gasteiger partial charge in [-0.3, -0.25) is 4.98 Å². The van der Waals surface area contributed by atoms with E-state index in [1.807, 2.05) is 18.3 Å². The van der Waals surface area contributed by atoms with Gasteiger partial charge in [0.2, 0.25) is 0 Å². The lowest BCUT2D eigenvalue weighted by Gasteiger charge is -1.96. The topological polar surface area (TPSA) is 26.0 Å². The number of nitrogens with zero attached hydrogens (tertiary/aromatic N) is 1. The highest BCUT2D eigenvalue weighted by atomic mass is 16.3. The van der Waals surface area contributed by atoms with Crippen LogP contribution in [0, 0.1) is 0 Å². The molecular weight excluding hydrogens is 234 g/mol. The summed E-state index contributed by atoms with van der Waals surface area (Å²) in [6, 6.07) is 10.4. The van der Waals surface area contributed by atoms with Gasteiger partial charge in [-0.25, -0.2) is 0 Å². The van der Waals surface area contributed by atoms with Crippen LogP contribution in [0.15, 0.2) is 40.9 Å². The largest absolute Gasteiger partial charge is 0.459 e. The van der Waals surface area contributed by atoms with Gasteiger partial charge in [0.05, 0.1) is 11.7 Å². The summed E-state index contributed by atoms with van der Waals surface area (Å²) < 4.78 is 5.89. The highest BCUT2D eigenvalue weighted by Gasteiger charge is 2.07. The number of fused-ring (bicyclic) bond motifs is 3. The number of benzene rings is 1. The van der Waals surface area contributed by atoms with Crippen LogP contribution >= 0.6 is 0 Å². The van der Waals surface area contributed by atoms with E-state index in [2.05, 4.69) is 30.1 Å². The van der Waals surface area contributed by atoms with Crippen LogP contribution < -0.4 is 0 Å². The van der Waals surface area contributed by atoms with Crippen molar-refractivity contribution in [3.05, 3.63) is 42.3 Å². The number of aryl methyl sites for hydroxylation is 1. The first-order valence-corrected chi connectivity index (χ1v) is 7.14. The molecule has 0 fully saturated rings. The summed E-state index contributed by atoms with van der Waals surface area (Å²) in [6.07, 6.45) is 7.95. The van der Waals surface area contributed by atoms with Crippen molar-refractivity contribution in [2.75, 3.05) is 0 Å². The van der Waals surface area contributed by atoms with E-state index < -0.39 is 0 Å². The Labute approximate surface area is 113 Å². The zero-order valence-corrected chi connectivity index (χ0v) is 11.4. The third kappa shape index (κ3) is 2.48. The van der Waals surface area contributed by atoms with Gasteiger partial charge in [-0.1, -0.05) is 44.4 Å². The maximum atomic E-state index is 5.89. The Balaban J connectivity index is 1.90. The van der Waals surface area contributed by atoms with Crippen LogP contribution in [0.1, 0.15) is 38.4 Å². The van der Waals surface area contributed by atoms with Gasteiger partial charge in [0.25, 0.3) is 0 Å². The Bertz CT molecular complexity index is 684. The molecule has 2 nitrogen and oxygen atoms in total. The average molecular weight is 253 g/mol. The predicted molar refractivity (Wildman–Crippen MR) is 79.4 cm³/mol. The third-order valence-electron chi connectivity index (χ3n) is 3.60. The zero-order valence-electron chi connectivity index (χ0n) is 11.4. The van der Waals surface area contributed by atoms with Crippen molar-refractivity contribution in [1.29, 1.82) is 0 Å². The molecule has 19 heavy (non-hydrogen) atoms. The Morgan fingerprint density at radius 2 is 1.95 bits per heavy atom. The molecule has 0 aliphatic heterocycles. The minimum atomic E-state index is 0.907. The smallest absolute Gasteiger partial charge is 0.153 e. The fourth-order valence-corrected chi connectivity index (χ4v) is 2.56. The number of hydrogen-bond acceptors (Lipinski definition) is 2. The number of furan rings is 1. The highest BCUT2D eigenvalue weighted by Crippen LogP contribution is 2.27. The van der Waals surface area contributed by atoms with E-state index in [4.69, 9.17) is 4.42 Å². The molecule has 0 N–H and O–H groups in total. The molecule has 3 aromatic rings. The van der Waals surface area contributed by atoms with E-state index in [9.17, 15) is 0 Å². The first-order valence-electron chi connectivity index (χ1n) is 7.14. The van der Waals surface area contributed by atoms with E-state index in [1.165, 1.54) is 36.5 Å². The molecule has 98 valence electrons. The minimum absolute atomic E-state index is 0.907. The predicted octanol–water partition coefficient (Wildman–Crippen LogP) is 5.10. The van der Waals surface area contributed by atoms with Gasteiger partial charge in [-0.05, 0) is 18.6 Å². The fourth-order valence-electron chi connectivity index (χ4n) is 2.56. The van der Waals surface area contributed by atoms with Crippen molar-refractivity contribution in [3.8, 4) is 0 Å². The molecule has 0 atom stereocenters. The van der Waals surface area contributed by atoms with Gasteiger partial charge >= 0.3 is 0 Å². The highest BCUT2D eigenvalue weighted by molar-refractivity contribution is 6.03. The Morgan fingerprint density at radius 1 is 1.05 bits per heavy atom.